The number of carbonyl (C=O) groups is 1. The van der Waals surface area contributed by atoms with Gasteiger partial charge in [-0.05, 0) is 36.1 Å². The van der Waals surface area contributed by atoms with Gasteiger partial charge in [0, 0.05) is 17.0 Å². The lowest BCUT2D eigenvalue weighted by atomic mass is 10.1. The number of hydrogen-bond acceptors (Lipinski definition) is 3. The van der Waals surface area contributed by atoms with Gasteiger partial charge in [0.25, 0.3) is 5.91 Å². The Morgan fingerprint density at radius 2 is 1.95 bits per heavy atom. The van der Waals surface area contributed by atoms with E-state index in [9.17, 15) is 4.79 Å². The van der Waals surface area contributed by atoms with Crippen LogP contribution in [0.4, 0.5) is 0 Å². The van der Waals surface area contributed by atoms with Crippen LogP contribution in [0.1, 0.15) is 11.1 Å². The molecule has 1 N–H and O–H groups in total. The molecule has 3 nitrogen and oxygen atoms in total. The van der Waals surface area contributed by atoms with Crippen molar-refractivity contribution in [3.05, 3.63) is 65.2 Å². The number of nitrogens with one attached hydrogen (secondary N) is 1. The Hall–Kier alpha value is -2.20. The van der Waals surface area contributed by atoms with E-state index in [4.69, 9.17) is 4.74 Å². The molecule has 2 aromatic rings. The van der Waals surface area contributed by atoms with E-state index in [2.05, 4.69) is 17.4 Å². The van der Waals surface area contributed by atoms with Gasteiger partial charge in [0.1, 0.15) is 12.4 Å². The number of thioether (sulfide) groups is 1. The Balaban J connectivity index is 1.64. The summed E-state index contributed by atoms with van der Waals surface area (Å²) in [6.45, 7) is 0.834. The normalized spacial score (nSPS) is 12.9. The smallest absolute Gasteiger partial charge is 0.250 e. The van der Waals surface area contributed by atoms with Crippen molar-refractivity contribution in [2.75, 3.05) is 12.9 Å². The van der Waals surface area contributed by atoms with E-state index in [-0.39, 0.29) is 5.91 Å². The molecule has 0 bridgehead atoms. The molecule has 22 heavy (non-hydrogen) atoms. The Kier molecular flexibility index (Phi) is 4.49. The van der Waals surface area contributed by atoms with E-state index in [0.29, 0.717) is 18.7 Å². The van der Waals surface area contributed by atoms with E-state index in [1.165, 1.54) is 4.90 Å². The maximum absolute atomic E-state index is 12.2. The van der Waals surface area contributed by atoms with Gasteiger partial charge >= 0.3 is 0 Å². The topological polar surface area (TPSA) is 38.3 Å². The third kappa shape index (κ3) is 3.34. The molecular formula is C18H17NO2S. The zero-order valence-electron chi connectivity index (χ0n) is 12.3. The van der Waals surface area contributed by atoms with Gasteiger partial charge in [-0.15, -0.1) is 11.8 Å². The zero-order chi connectivity index (χ0) is 15.4. The molecule has 1 amide bonds. The monoisotopic (exact) mass is 311 g/mol. The number of fused-ring (bicyclic) bond motifs is 1. The summed E-state index contributed by atoms with van der Waals surface area (Å²) in [5.74, 6) is 0.746. The third-order valence-corrected chi connectivity index (χ3v) is 4.28. The van der Waals surface area contributed by atoms with Crippen molar-refractivity contribution in [1.82, 2.24) is 5.32 Å². The SMILES string of the molecule is CSc1ccc(CNC(=O)C2=Cc3ccccc3OC2)cc1. The van der Waals surface area contributed by atoms with Gasteiger partial charge in [-0.3, -0.25) is 4.79 Å². The molecule has 1 aliphatic rings. The van der Waals surface area contributed by atoms with Crippen LogP contribution in [0.3, 0.4) is 0 Å². The average molecular weight is 311 g/mol. The summed E-state index contributed by atoms with van der Waals surface area (Å²) < 4.78 is 5.61. The van der Waals surface area contributed by atoms with Crippen molar-refractivity contribution in [3.63, 3.8) is 0 Å². The zero-order valence-corrected chi connectivity index (χ0v) is 13.2. The fraction of sp³-hybridized carbons (Fsp3) is 0.167. The lowest BCUT2D eigenvalue weighted by Crippen LogP contribution is -2.28. The Labute approximate surface area is 134 Å². The van der Waals surface area contributed by atoms with Crippen molar-refractivity contribution < 1.29 is 9.53 Å². The molecule has 0 saturated carbocycles. The molecule has 4 heteroatoms. The molecule has 0 unspecified atom stereocenters. The first-order chi connectivity index (χ1) is 10.8. The minimum absolute atomic E-state index is 0.0801. The highest BCUT2D eigenvalue weighted by molar-refractivity contribution is 7.98. The van der Waals surface area contributed by atoms with E-state index in [0.717, 1.165) is 16.9 Å². The second kappa shape index (κ2) is 6.71. The lowest BCUT2D eigenvalue weighted by molar-refractivity contribution is -0.117. The molecule has 0 aliphatic carbocycles. The maximum Gasteiger partial charge on any atom is 0.250 e. The van der Waals surface area contributed by atoms with E-state index >= 15 is 0 Å². The summed E-state index contributed by atoms with van der Waals surface area (Å²) in [6.07, 6.45) is 3.94. The van der Waals surface area contributed by atoms with Gasteiger partial charge in [0.2, 0.25) is 0 Å². The number of amides is 1. The van der Waals surface area contributed by atoms with Crippen LogP contribution in [-0.2, 0) is 11.3 Å². The number of ether oxygens (including phenoxy) is 1. The number of benzene rings is 2. The molecule has 3 rings (SSSR count). The molecule has 0 aromatic heterocycles. The minimum Gasteiger partial charge on any atom is -0.488 e. The highest BCUT2D eigenvalue weighted by Crippen LogP contribution is 2.25. The average Bonchev–Trinajstić information content (AvgIpc) is 2.59. The van der Waals surface area contributed by atoms with Crippen molar-refractivity contribution in [2.45, 2.75) is 11.4 Å². The van der Waals surface area contributed by atoms with Crippen molar-refractivity contribution in [3.8, 4) is 5.75 Å². The molecular weight excluding hydrogens is 294 g/mol. The molecule has 1 aliphatic heterocycles. The van der Waals surface area contributed by atoms with E-state index in [1.807, 2.05) is 48.7 Å². The van der Waals surface area contributed by atoms with Crippen LogP contribution in [0.15, 0.2) is 59.0 Å². The van der Waals surface area contributed by atoms with E-state index < -0.39 is 0 Å². The molecule has 1 heterocycles. The summed E-state index contributed by atoms with van der Waals surface area (Å²) in [4.78, 5) is 13.5. The molecule has 112 valence electrons. The standard InChI is InChI=1S/C18H17NO2S/c1-22-16-8-6-13(7-9-16)11-19-18(20)15-10-14-4-2-3-5-17(14)21-12-15/h2-10H,11-12H2,1H3,(H,19,20). The predicted molar refractivity (Wildman–Crippen MR) is 90.0 cm³/mol. The predicted octanol–water partition coefficient (Wildman–Crippen LogP) is 3.50. The first kappa shape index (κ1) is 14.7. The van der Waals surface area contributed by atoms with Crippen LogP contribution in [0, 0.1) is 0 Å². The van der Waals surface area contributed by atoms with Crippen LogP contribution >= 0.6 is 11.8 Å². The van der Waals surface area contributed by atoms with Gasteiger partial charge in [-0.2, -0.15) is 0 Å². The maximum atomic E-state index is 12.2. The highest BCUT2D eigenvalue weighted by Gasteiger charge is 2.16. The van der Waals surface area contributed by atoms with Crippen LogP contribution in [0.2, 0.25) is 0 Å². The quantitative estimate of drug-likeness (QED) is 0.878. The second-order valence-corrected chi connectivity index (χ2v) is 5.91. The lowest BCUT2D eigenvalue weighted by Gasteiger charge is -2.17. The van der Waals surface area contributed by atoms with Crippen LogP contribution in [-0.4, -0.2) is 18.8 Å². The van der Waals surface area contributed by atoms with Gasteiger partial charge < -0.3 is 10.1 Å². The summed E-state index contributed by atoms with van der Waals surface area (Å²) in [5.41, 5.74) is 2.69. The molecule has 0 radical (unpaired) electrons. The Bertz CT molecular complexity index is 707. The Morgan fingerprint density at radius 1 is 1.18 bits per heavy atom. The molecule has 0 fully saturated rings. The summed E-state index contributed by atoms with van der Waals surface area (Å²) in [5, 5.41) is 2.94. The van der Waals surface area contributed by atoms with Gasteiger partial charge in [0.15, 0.2) is 0 Å². The molecule has 2 aromatic carbocycles. The molecule has 0 atom stereocenters. The number of para-hydroxylation sites is 1. The first-order valence-electron chi connectivity index (χ1n) is 7.10. The Morgan fingerprint density at radius 3 is 2.73 bits per heavy atom. The summed E-state index contributed by atoms with van der Waals surface area (Å²) in [6, 6.07) is 15.9. The largest absolute Gasteiger partial charge is 0.488 e. The number of rotatable bonds is 4. The van der Waals surface area contributed by atoms with Gasteiger partial charge in [-0.1, -0.05) is 30.3 Å². The fourth-order valence-electron chi connectivity index (χ4n) is 2.29. The van der Waals surface area contributed by atoms with Crippen molar-refractivity contribution in [1.29, 1.82) is 0 Å². The fourth-order valence-corrected chi connectivity index (χ4v) is 2.69. The van der Waals surface area contributed by atoms with Crippen molar-refractivity contribution >= 4 is 23.7 Å². The van der Waals surface area contributed by atoms with Gasteiger partial charge in [0.05, 0.1) is 5.57 Å². The van der Waals surface area contributed by atoms with Crippen molar-refractivity contribution in [2.24, 2.45) is 0 Å². The number of carbonyl (C=O) groups excluding carboxylic acids is 1. The van der Waals surface area contributed by atoms with Crippen LogP contribution in [0.5, 0.6) is 5.75 Å². The minimum atomic E-state index is -0.0801. The van der Waals surface area contributed by atoms with Crippen LogP contribution < -0.4 is 10.1 Å². The van der Waals surface area contributed by atoms with Crippen LogP contribution in [0.25, 0.3) is 6.08 Å². The van der Waals surface area contributed by atoms with Gasteiger partial charge in [-0.25, -0.2) is 0 Å². The molecule has 0 spiro atoms. The second-order valence-electron chi connectivity index (χ2n) is 5.03. The van der Waals surface area contributed by atoms with E-state index in [1.54, 1.807) is 11.8 Å². The first-order valence-corrected chi connectivity index (χ1v) is 8.32. The summed E-state index contributed by atoms with van der Waals surface area (Å²) >= 11 is 1.71. The highest BCUT2D eigenvalue weighted by atomic mass is 32.2. The number of hydrogen-bond donors (Lipinski definition) is 1. The summed E-state index contributed by atoms with van der Waals surface area (Å²) in [7, 11) is 0. The third-order valence-electron chi connectivity index (χ3n) is 3.54. The molecule has 0 saturated heterocycles.